The van der Waals surface area contributed by atoms with Gasteiger partial charge in [0.2, 0.25) is 0 Å². The van der Waals surface area contributed by atoms with Crippen molar-refractivity contribution in [1.29, 1.82) is 0 Å². The normalized spacial score (nSPS) is 14.5. The van der Waals surface area contributed by atoms with Crippen LogP contribution in [0.1, 0.15) is 11.1 Å². The maximum absolute atomic E-state index is 13.1. The van der Waals surface area contributed by atoms with Crippen molar-refractivity contribution in [3.8, 4) is 5.75 Å². The largest absolute Gasteiger partial charge is 0.508 e. The number of nitrogens with zero attached hydrogens (tertiary/aromatic N) is 1. The Morgan fingerprint density at radius 2 is 1.74 bits per heavy atom. The van der Waals surface area contributed by atoms with Crippen LogP contribution < -0.4 is 5.32 Å². The Balaban J connectivity index is 2.00. The zero-order valence-electron chi connectivity index (χ0n) is 14.1. The smallest absolute Gasteiger partial charge is 0.268 e. The van der Waals surface area contributed by atoms with Gasteiger partial charge in [0.15, 0.2) is 0 Å². The maximum atomic E-state index is 13.1. The van der Waals surface area contributed by atoms with E-state index < -0.39 is 21.8 Å². The summed E-state index contributed by atoms with van der Waals surface area (Å²) in [5, 5.41) is 12.3. The molecule has 2 N–H and O–H groups in total. The van der Waals surface area contributed by atoms with E-state index in [1.807, 2.05) is 6.92 Å². The second-order valence-corrected chi connectivity index (χ2v) is 8.05. The predicted molar refractivity (Wildman–Crippen MR) is 98.5 cm³/mol. The number of phenolic OH excluding ortho intramolecular Hbond substituents is 1. The van der Waals surface area contributed by atoms with Gasteiger partial charge in [0.1, 0.15) is 5.75 Å². The maximum Gasteiger partial charge on any atom is 0.268 e. The van der Waals surface area contributed by atoms with Crippen LogP contribution in [0.25, 0.3) is 16.5 Å². The molecule has 0 radical (unpaired) electrons. The minimum Gasteiger partial charge on any atom is -0.508 e. The van der Waals surface area contributed by atoms with Gasteiger partial charge in [-0.25, -0.2) is 12.4 Å². The van der Waals surface area contributed by atoms with Crippen LogP contribution in [0, 0.1) is 6.92 Å². The van der Waals surface area contributed by atoms with Gasteiger partial charge in [-0.05, 0) is 37.3 Å². The van der Waals surface area contributed by atoms with Crippen molar-refractivity contribution in [2.24, 2.45) is 0 Å². The van der Waals surface area contributed by atoms with Gasteiger partial charge >= 0.3 is 0 Å². The van der Waals surface area contributed by atoms with Gasteiger partial charge in [-0.3, -0.25) is 14.9 Å². The topological polar surface area (TPSA) is 105 Å². The first-order valence-electron chi connectivity index (χ1n) is 8.01. The van der Waals surface area contributed by atoms with Crippen LogP contribution in [0.4, 0.5) is 0 Å². The van der Waals surface area contributed by atoms with E-state index >= 15 is 0 Å². The van der Waals surface area contributed by atoms with E-state index in [9.17, 15) is 23.1 Å². The molecule has 27 heavy (non-hydrogen) atoms. The fraction of sp³-hybridized carbons (Fsp3) is 0.0526. The van der Waals surface area contributed by atoms with Gasteiger partial charge in [-0.15, -0.1) is 0 Å². The van der Waals surface area contributed by atoms with Crippen molar-refractivity contribution in [3.05, 3.63) is 65.9 Å². The zero-order valence-corrected chi connectivity index (χ0v) is 14.9. The number of amides is 2. The van der Waals surface area contributed by atoms with Gasteiger partial charge in [-0.2, -0.15) is 0 Å². The number of phenols is 1. The highest BCUT2D eigenvalue weighted by Crippen LogP contribution is 2.33. The second-order valence-electron chi connectivity index (χ2n) is 6.23. The average Bonchev–Trinajstić information content (AvgIpc) is 3.14. The minimum absolute atomic E-state index is 0.0495. The number of aryl methyl sites for hydroxylation is 1. The van der Waals surface area contributed by atoms with E-state index in [1.54, 1.807) is 12.1 Å². The van der Waals surface area contributed by atoms with Crippen LogP contribution in [0.3, 0.4) is 0 Å². The van der Waals surface area contributed by atoms with Crippen LogP contribution in [-0.4, -0.2) is 29.3 Å². The predicted octanol–water partition coefficient (Wildman–Crippen LogP) is 1.93. The molecule has 7 nitrogen and oxygen atoms in total. The Labute approximate surface area is 154 Å². The fourth-order valence-electron chi connectivity index (χ4n) is 3.04. The molecule has 1 aliphatic rings. The third kappa shape index (κ3) is 2.70. The summed E-state index contributed by atoms with van der Waals surface area (Å²) in [6.45, 7) is 1.85. The lowest BCUT2D eigenvalue weighted by molar-refractivity contribution is -0.123. The number of fused-ring (bicyclic) bond motifs is 1. The molecule has 0 fully saturated rings. The summed E-state index contributed by atoms with van der Waals surface area (Å²) in [4.78, 5) is 23.7. The highest BCUT2D eigenvalue weighted by Gasteiger charge is 2.28. The summed E-state index contributed by atoms with van der Waals surface area (Å²) in [6.07, 6.45) is 2.41. The van der Waals surface area contributed by atoms with Crippen molar-refractivity contribution in [2.75, 3.05) is 0 Å². The molecule has 0 spiro atoms. The van der Waals surface area contributed by atoms with Crippen molar-refractivity contribution < 1.29 is 23.1 Å². The van der Waals surface area contributed by atoms with E-state index in [-0.39, 0.29) is 27.3 Å². The van der Waals surface area contributed by atoms with Crippen molar-refractivity contribution in [3.63, 3.8) is 0 Å². The summed E-state index contributed by atoms with van der Waals surface area (Å²) in [7, 11) is -3.94. The van der Waals surface area contributed by atoms with Crippen LogP contribution in [-0.2, 0) is 19.6 Å². The quantitative estimate of drug-likeness (QED) is 0.674. The Morgan fingerprint density at radius 1 is 1.04 bits per heavy atom. The monoisotopic (exact) mass is 382 g/mol. The summed E-state index contributed by atoms with van der Waals surface area (Å²) >= 11 is 0. The molecule has 3 aromatic rings. The van der Waals surface area contributed by atoms with E-state index in [2.05, 4.69) is 5.32 Å². The lowest BCUT2D eigenvalue weighted by Gasteiger charge is -2.08. The van der Waals surface area contributed by atoms with Gasteiger partial charge in [0, 0.05) is 23.2 Å². The zero-order chi connectivity index (χ0) is 19.3. The number of imide groups is 1. The molecular formula is C19H14N2O5S. The highest BCUT2D eigenvalue weighted by molar-refractivity contribution is 7.90. The molecule has 2 amide bonds. The molecule has 136 valence electrons. The van der Waals surface area contributed by atoms with Crippen LogP contribution >= 0.6 is 0 Å². The van der Waals surface area contributed by atoms with Crippen molar-refractivity contribution >= 4 is 38.3 Å². The third-order valence-corrected chi connectivity index (χ3v) is 6.07. The van der Waals surface area contributed by atoms with Crippen molar-refractivity contribution in [1.82, 2.24) is 9.29 Å². The number of hydrogen-bond acceptors (Lipinski definition) is 5. The molecule has 0 saturated carbocycles. The number of carbonyl (C=O) groups is 2. The van der Waals surface area contributed by atoms with Gasteiger partial charge in [-0.1, -0.05) is 17.7 Å². The molecule has 8 heteroatoms. The molecule has 1 aliphatic heterocycles. The number of carbonyl (C=O) groups excluding carboxylic acids is 2. The average molecular weight is 382 g/mol. The SMILES string of the molecule is Cc1ccc(S(=O)(=O)n2cc(C3=CC(=O)NC3=O)c3cc(O)ccc32)cc1. The number of nitrogens with one attached hydrogen (secondary N) is 1. The van der Waals surface area contributed by atoms with Crippen LogP contribution in [0.5, 0.6) is 5.75 Å². The van der Waals surface area contributed by atoms with Crippen LogP contribution in [0.15, 0.2) is 59.6 Å². The van der Waals surface area contributed by atoms with E-state index in [0.29, 0.717) is 5.39 Å². The lowest BCUT2D eigenvalue weighted by atomic mass is 10.1. The number of aromatic hydroxyl groups is 1. The van der Waals surface area contributed by atoms with Gasteiger partial charge in [0.05, 0.1) is 16.0 Å². The standard InChI is InChI=1S/C19H14N2O5S/c1-11-2-5-13(6-3-11)27(25,26)21-10-16(15-9-18(23)20-19(15)24)14-8-12(22)4-7-17(14)21/h2-10,22H,1H3,(H,20,23,24). The molecule has 0 atom stereocenters. The Hall–Kier alpha value is -3.39. The molecule has 1 aromatic heterocycles. The molecule has 4 rings (SSSR count). The third-order valence-electron chi connectivity index (χ3n) is 4.38. The fourth-order valence-corrected chi connectivity index (χ4v) is 4.41. The van der Waals surface area contributed by atoms with E-state index in [0.717, 1.165) is 15.6 Å². The molecule has 0 unspecified atom stereocenters. The number of aromatic nitrogens is 1. The first-order chi connectivity index (χ1) is 12.8. The van der Waals surface area contributed by atoms with Gasteiger partial charge in [0.25, 0.3) is 21.8 Å². The van der Waals surface area contributed by atoms with E-state index in [1.165, 1.54) is 36.5 Å². The molecule has 0 aliphatic carbocycles. The van der Waals surface area contributed by atoms with E-state index in [4.69, 9.17) is 0 Å². The first-order valence-corrected chi connectivity index (χ1v) is 9.45. The molecule has 0 saturated heterocycles. The summed E-state index contributed by atoms with van der Waals surface area (Å²) < 4.78 is 27.3. The van der Waals surface area contributed by atoms with Crippen LogP contribution in [0.2, 0.25) is 0 Å². The Morgan fingerprint density at radius 3 is 2.37 bits per heavy atom. The molecule has 2 aromatic carbocycles. The number of hydrogen-bond donors (Lipinski definition) is 2. The summed E-state index contributed by atoms with van der Waals surface area (Å²) in [5.41, 5.74) is 1.51. The summed E-state index contributed by atoms with van der Waals surface area (Å²) in [6, 6.07) is 10.6. The minimum atomic E-state index is -3.94. The Bertz CT molecular complexity index is 1250. The Kier molecular flexibility index (Phi) is 3.67. The lowest BCUT2D eigenvalue weighted by Crippen LogP contribution is -2.21. The van der Waals surface area contributed by atoms with Crippen molar-refractivity contribution in [2.45, 2.75) is 11.8 Å². The van der Waals surface area contributed by atoms with Gasteiger partial charge < -0.3 is 5.11 Å². The molecule has 2 heterocycles. The molecular weight excluding hydrogens is 368 g/mol. The molecule has 0 bridgehead atoms. The highest BCUT2D eigenvalue weighted by atomic mass is 32.2. The first kappa shape index (κ1) is 17.0. The summed E-state index contributed by atoms with van der Waals surface area (Å²) in [5.74, 6) is -1.27. The second kappa shape index (κ2) is 5.82. The number of rotatable bonds is 3. The number of benzene rings is 2.